The number of benzene rings is 1. The summed E-state index contributed by atoms with van der Waals surface area (Å²) >= 11 is 3.63. The zero-order chi connectivity index (χ0) is 9.71. The molecule has 2 heterocycles. The van der Waals surface area contributed by atoms with E-state index < -0.39 is 0 Å². The zero-order valence-corrected chi connectivity index (χ0v) is 9.63. The molecule has 0 saturated carbocycles. The summed E-state index contributed by atoms with van der Waals surface area (Å²) in [6.45, 7) is 4.23. The fourth-order valence-electron chi connectivity index (χ4n) is 1.72. The summed E-state index contributed by atoms with van der Waals surface area (Å²) < 4.78 is 1.28. The molecule has 2 nitrogen and oxygen atoms in total. The average Bonchev–Trinajstić information content (AvgIpc) is 2.59. The van der Waals surface area contributed by atoms with Crippen molar-refractivity contribution >= 4 is 39.0 Å². The van der Waals surface area contributed by atoms with Crippen molar-refractivity contribution in [3.8, 4) is 0 Å². The normalized spacial score (nSPS) is 19.7. The molecule has 0 saturated heterocycles. The Balaban J connectivity index is 2.25. The van der Waals surface area contributed by atoms with Gasteiger partial charge in [0, 0.05) is 4.90 Å². The second kappa shape index (κ2) is 2.87. The first-order valence-electron chi connectivity index (χ1n) is 4.57. The van der Waals surface area contributed by atoms with Gasteiger partial charge in [-0.15, -0.1) is 11.3 Å². The quantitative estimate of drug-likeness (QED) is 0.739. The van der Waals surface area contributed by atoms with Gasteiger partial charge in [-0.1, -0.05) is 11.8 Å². The highest BCUT2D eigenvalue weighted by Gasteiger charge is 2.18. The molecule has 1 atom stereocenters. The van der Waals surface area contributed by atoms with Gasteiger partial charge in [0.2, 0.25) is 0 Å². The third-order valence-electron chi connectivity index (χ3n) is 2.26. The highest BCUT2D eigenvalue weighted by molar-refractivity contribution is 8.00. The molecule has 14 heavy (non-hydrogen) atoms. The average molecular weight is 222 g/mol. The molecule has 0 amide bonds. The Kier molecular flexibility index (Phi) is 1.76. The van der Waals surface area contributed by atoms with Crippen molar-refractivity contribution in [2.75, 3.05) is 5.32 Å². The van der Waals surface area contributed by atoms with E-state index in [1.54, 1.807) is 11.3 Å². The molecule has 2 aromatic rings. The number of hydrogen-bond donors (Lipinski definition) is 1. The number of fused-ring (bicyclic) bond motifs is 2. The van der Waals surface area contributed by atoms with Gasteiger partial charge in [0.05, 0.1) is 26.3 Å². The number of hydrogen-bond acceptors (Lipinski definition) is 4. The molecule has 0 aliphatic carbocycles. The van der Waals surface area contributed by atoms with Crippen molar-refractivity contribution in [3.63, 3.8) is 0 Å². The lowest BCUT2D eigenvalue weighted by Crippen LogP contribution is -2.02. The van der Waals surface area contributed by atoms with Gasteiger partial charge in [0.25, 0.3) is 0 Å². The van der Waals surface area contributed by atoms with Gasteiger partial charge in [-0.05, 0) is 26.0 Å². The minimum atomic E-state index is 0.489. The van der Waals surface area contributed by atoms with Crippen LogP contribution in [0.2, 0.25) is 0 Å². The lowest BCUT2D eigenvalue weighted by molar-refractivity contribution is 1.15. The Hall–Kier alpha value is -0.740. The lowest BCUT2D eigenvalue weighted by atomic mass is 10.3. The summed E-state index contributed by atoms with van der Waals surface area (Å²) in [5.41, 5.74) is 2.40. The van der Waals surface area contributed by atoms with E-state index in [1.165, 1.54) is 15.3 Å². The van der Waals surface area contributed by atoms with Crippen molar-refractivity contribution < 1.29 is 0 Å². The Morgan fingerprint density at radius 2 is 2.29 bits per heavy atom. The van der Waals surface area contributed by atoms with Gasteiger partial charge in [0.15, 0.2) is 0 Å². The first kappa shape index (κ1) is 8.56. The number of thioether (sulfide) groups is 1. The maximum absolute atomic E-state index is 4.49. The predicted octanol–water partition coefficient (Wildman–Crippen LogP) is 3.47. The second-order valence-electron chi connectivity index (χ2n) is 3.45. The summed E-state index contributed by atoms with van der Waals surface area (Å²) in [4.78, 5) is 5.82. The lowest BCUT2D eigenvalue weighted by Gasteiger charge is -1.99. The molecule has 1 aromatic heterocycles. The number of aromatic nitrogens is 1. The van der Waals surface area contributed by atoms with Crippen LogP contribution in [0.25, 0.3) is 10.2 Å². The summed E-state index contributed by atoms with van der Waals surface area (Å²) in [5.74, 6) is 0. The van der Waals surface area contributed by atoms with Crippen LogP contribution in [0, 0.1) is 6.92 Å². The van der Waals surface area contributed by atoms with E-state index in [0.717, 1.165) is 10.5 Å². The van der Waals surface area contributed by atoms with E-state index in [9.17, 15) is 0 Å². The van der Waals surface area contributed by atoms with Crippen LogP contribution in [-0.4, -0.2) is 10.4 Å². The molecule has 0 spiro atoms. The number of nitrogens with one attached hydrogen (secondary N) is 1. The fourth-order valence-corrected chi connectivity index (χ4v) is 3.56. The maximum atomic E-state index is 4.49. The molecule has 0 bridgehead atoms. The Morgan fingerprint density at radius 3 is 3.14 bits per heavy atom. The minimum Gasteiger partial charge on any atom is -0.372 e. The van der Waals surface area contributed by atoms with E-state index >= 15 is 0 Å². The van der Waals surface area contributed by atoms with E-state index in [2.05, 4.69) is 36.3 Å². The van der Waals surface area contributed by atoms with Crippen molar-refractivity contribution in [2.24, 2.45) is 0 Å². The molecule has 1 N–H and O–H groups in total. The molecule has 1 aliphatic rings. The minimum absolute atomic E-state index is 0.489. The monoisotopic (exact) mass is 222 g/mol. The largest absolute Gasteiger partial charge is 0.372 e. The number of aryl methyl sites for hydroxylation is 1. The maximum Gasteiger partial charge on any atom is 0.0907 e. The van der Waals surface area contributed by atoms with Crippen molar-refractivity contribution in [3.05, 3.63) is 17.1 Å². The van der Waals surface area contributed by atoms with Crippen LogP contribution in [0.5, 0.6) is 0 Å². The first-order valence-corrected chi connectivity index (χ1v) is 6.26. The number of nitrogens with zero attached hydrogens (tertiary/aromatic N) is 1. The Labute approximate surface area is 90.7 Å². The van der Waals surface area contributed by atoms with E-state index in [0.29, 0.717) is 5.37 Å². The van der Waals surface area contributed by atoms with Crippen molar-refractivity contribution in [1.29, 1.82) is 0 Å². The van der Waals surface area contributed by atoms with E-state index in [4.69, 9.17) is 0 Å². The van der Waals surface area contributed by atoms with Crippen LogP contribution >= 0.6 is 23.1 Å². The molecule has 0 fully saturated rings. The Bertz CT molecular complexity index is 461. The summed E-state index contributed by atoms with van der Waals surface area (Å²) in [6, 6.07) is 4.40. The smallest absolute Gasteiger partial charge is 0.0907 e. The first-order chi connectivity index (χ1) is 6.72. The molecule has 3 rings (SSSR count). The molecule has 1 unspecified atom stereocenters. The zero-order valence-electron chi connectivity index (χ0n) is 8.00. The molecule has 4 heteroatoms. The van der Waals surface area contributed by atoms with Gasteiger partial charge in [0.1, 0.15) is 0 Å². The molecular weight excluding hydrogens is 212 g/mol. The highest BCUT2D eigenvalue weighted by Crippen LogP contribution is 2.41. The molecular formula is C10H10N2S2. The van der Waals surface area contributed by atoms with Gasteiger partial charge >= 0.3 is 0 Å². The standard InChI is InChI=1S/C10H10N2S2/c1-5-11-7-3-10-8(4-9(7)13-5)12-6(2)14-10/h3-5,11H,1-2H3. The summed E-state index contributed by atoms with van der Waals surface area (Å²) in [5, 5.41) is 5.07. The van der Waals surface area contributed by atoms with Gasteiger partial charge in [-0.2, -0.15) is 0 Å². The van der Waals surface area contributed by atoms with Crippen molar-refractivity contribution in [1.82, 2.24) is 4.98 Å². The SMILES string of the molecule is Cc1nc2cc3c(cc2s1)NC(C)S3. The number of thiazole rings is 1. The second-order valence-corrected chi connectivity index (χ2v) is 6.07. The molecule has 1 aliphatic heterocycles. The molecule has 72 valence electrons. The van der Waals surface area contributed by atoms with Crippen LogP contribution in [0.15, 0.2) is 17.0 Å². The topological polar surface area (TPSA) is 24.9 Å². The third-order valence-corrected chi connectivity index (χ3v) is 4.26. The highest BCUT2D eigenvalue weighted by atomic mass is 32.2. The van der Waals surface area contributed by atoms with Crippen LogP contribution in [0.3, 0.4) is 0 Å². The molecule has 1 aromatic carbocycles. The van der Waals surface area contributed by atoms with Crippen LogP contribution < -0.4 is 5.32 Å². The summed E-state index contributed by atoms with van der Waals surface area (Å²) in [7, 11) is 0. The van der Waals surface area contributed by atoms with Crippen LogP contribution in [0.4, 0.5) is 5.69 Å². The summed E-state index contributed by atoms with van der Waals surface area (Å²) in [6.07, 6.45) is 0. The Morgan fingerprint density at radius 1 is 1.43 bits per heavy atom. The molecule has 0 radical (unpaired) electrons. The van der Waals surface area contributed by atoms with Crippen LogP contribution in [-0.2, 0) is 0 Å². The fraction of sp³-hybridized carbons (Fsp3) is 0.300. The van der Waals surface area contributed by atoms with E-state index in [1.807, 2.05) is 11.8 Å². The number of rotatable bonds is 0. The number of anilines is 1. The van der Waals surface area contributed by atoms with Gasteiger partial charge < -0.3 is 5.32 Å². The van der Waals surface area contributed by atoms with E-state index in [-0.39, 0.29) is 0 Å². The van der Waals surface area contributed by atoms with Crippen LogP contribution in [0.1, 0.15) is 11.9 Å². The predicted molar refractivity (Wildman–Crippen MR) is 63.3 cm³/mol. The van der Waals surface area contributed by atoms with Gasteiger partial charge in [-0.25, -0.2) is 4.98 Å². The third kappa shape index (κ3) is 1.21. The van der Waals surface area contributed by atoms with Crippen molar-refractivity contribution in [2.45, 2.75) is 24.1 Å². The van der Waals surface area contributed by atoms with Gasteiger partial charge in [-0.3, -0.25) is 0 Å².